The number of fused-ring (bicyclic) bond motifs is 1. The molecule has 0 saturated carbocycles. The van der Waals surface area contributed by atoms with Crippen molar-refractivity contribution >= 4 is 0 Å². The molecule has 134 valence electrons. The molecule has 0 N–H and O–H groups in total. The van der Waals surface area contributed by atoms with Crippen molar-refractivity contribution < 1.29 is 9.13 Å². The second kappa shape index (κ2) is 7.30. The molecule has 1 aliphatic rings. The van der Waals surface area contributed by atoms with Crippen molar-refractivity contribution in [1.82, 2.24) is 14.7 Å². The van der Waals surface area contributed by atoms with Crippen molar-refractivity contribution in [1.29, 1.82) is 0 Å². The summed E-state index contributed by atoms with van der Waals surface area (Å²) in [7, 11) is 1.67. The van der Waals surface area contributed by atoms with Gasteiger partial charge in [-0.15, -0.1) is 0 Å². The third-order valence-electron chi connectivity index (χ3n) is 4.85. The smallest absolute Gasteiger partial charge is 0.123 e. The van der Waals surface area contributed by atoms with Crippen LogP contribution in [0.3, 0.4) is 0 Å². The maximum Gasteiger partial charge on any atom is 0.123 e. The van der Waals surface area contributed by atoms with E-state index in [9.17, 15) is 4.39 Å². The summed E-state index contributed by atoms with van der Waals surface area (Å²) in [6.07, 6.45) is 4.01. The molecule has 0 saturated heterocycles. The van der Waals surface area contributed by atoms with Gasteiger partial charge in [0.1, 0.15) is 11.6 Å². The van der Waals surface area contributed by atoms with Gasteiger partial charge >= 0.3 is 0 Å². The highest BCUT2D eigenvalue weighted by Crippen LogP contribution is 2.24. The average Bonchev–Trinajstić information content (AvgIpc) is 2.93. The predicted molar refractivity (Wildman–Crippen MR) is 99.0 cm³/mol. The number of hydrogen-bond donors (Lipinski definition) is 0. The highest BCUT2D eigenvalue weighted by Gasteiger charge is 2.19. The van der Waals surface area contributed by atoms with Gasteiger partial charge < -0.3 is 4.74 Å². The van der Waals surface area contributed by atoms with Crippen LogP contribution >= 0.6 is 0 Å². The van der Waals surface area contributed by atoms with Crippen LogP contribution in [0.4, 0.5) is 4.39 Å². The van der Waals surface area contributed by atoms with E-state index >= 15 is 0 Å². The molecular formula is C21H22FN3O. The summed E-state index contributed by atoms with van der Waals surface area (Å²) < 4.78 is 20.7. The summed E-state index contributed by atoms with van der Waals surface area (Å²) >= 11 is 0. The molecule has 0 spiro atoms. The first-order chi connectivity index (χ1) is 12.7. The molecule has 3 aromatic rings. The van der Waals surface area contributed by atoms with Crippen molar-refractivity contribution in [3.8, 4) is 11.4 Å². The molecule has 0 aliphatic carbocycles. The van der Waals surface area contributed by atoms with Gasteiger partial charge in [-0.25, -0.2) is 9.07 Å². The molecule has 4 rings (SSSR count). The highest BCUT2D eigenvalue weighted by atomic mass is 19.1. The van der Waals surface area contributed by atoms with Crippen LogP contribution in [0.15, 0.2) is 54.7 Å². The van der Waals surface area contributed by atoms with Gasteiger partial charge in [0.25, 0.3) is 0 Å². The molecule has 0 fully saturated rings. The molecule has 0 amide bonds. The zero-order chi connectivity index (χ0) is 17.9. The number of rotatable bonds is 4. The van der Waals surface area contributed by atoms with E-state index in [1.807, 2.05) is 41.2 Å². The highest BCUT2D eigenvalue weighted by molar-refractivity contribution is 5.39. The van der Waals surface area contributed by atoms with Gasteiger partial charge in [-0.3, -0.25) is 4.90 Å². The average molecular weight is 351 g/mol. The molecule has 0 unspecified atom stereocenters. The van der Waals surface area contributed by atoms with Crippen LogP contribution < -0.4 is 4.74 Å². The zero-order valence-electron chi connectivity index (χ0n) is 14.9. The molecule has 2 aromatic carbocycles. The molecule has 0 radical (unpaired) electrons. The number of halogens is 1. The van der Waals surface area contributed by atoms with E-state index in [2.05, 4.69) is 10.00 Å². The fourth-order valence-electron chi connectivity index (χ4n) is 3.57. The Morgan fingerprint density at radius 2 is 2.00 bits per heavy atom. The minimum atomic E-state index is -0.176. The topological polar surface area (TPSA) is 30.3 Å². The van der Waals surface area contributed by atoms with Gasteiger partial charge in [0, 0.05) is 24.3 Å². The second-order valence-electron chi connectivity index (χ2n) is 6.67. The summed E-state index contributed by atoms with van der Waals surface area (Å²) in [5.41, 5.74) is 4.56. The lowest BCUT2D eigenvalue weighted by Crippen LogP contribution is -2.22. The van der Waals surface area contributed by atoms with Gasteiger partial charge in [-0.1, -0.05) is 12.1 Å². The number of hydrogen-bond acceptors (Lipinski definition) is 3. The minimum Gasteiger partial charge on any atom is -0.497 e. The van der Waals surface area contributed by atoms with Crippen LogP contribution in [0, 0.1) is 5.82 Å². The monoisotopic (exact) mass is 351 g/mol. The molecule has 0 atom stereocenters. The molecule has 4 nitrogen and oxygen atoms in total. The second-order valence-corrected chi connectivity index (χ2v) is 6.67. The van der Waals surface area contributed by atoms with Crippen molar-refractivity contribution in [2.75, 3.05) is 13.7 Å². The molecule has 1 aliphatic heterocycles. The van der Waals surface area contributed by atoms with Crippen molar-refractivity contribution in [2.45, 2.75) is 25.9 Å². The van der Waals surface area contributed by atoms with Crippen LogP contribution in [0.25, 0.3) is 5.69 Å². The molecular weight excluding hydrogens is 329 g/mol. The lowest BCUT2D eigenvalue weighted by atomic mass is 10.1. The molecule has 0 bridgehead atoms. The Labute approximate surface area is 152 Å². The number of nitrogens with zero attached hydrogens (tertiary/aromatic N) is 3. The van der Waals surface area contributed by atoms with E-state index in [1.54, 1.807) is 19.2 Å². The van der Waals surface area contributed by atoms with Crippen LogP contribution in [0.1, 0.15) is 23.2 Å². The Balaban J connectivity index is 1.55. The number of methoxy groups -OCH3 is 1. The minimum absolute atomic E-state index is 0.176. The molecule has 2 heterocycles. The Morgan fingerprint density at radius 1 is 1.15 bits per heavy atom. The summed E-state index contributed by atoms with van der Waals surface area (Å²) in [6, 6.07) is 14.8. The maximum absolute atomic E-state index is 13.4. The summed E-state index contributed by atoms with van der Waals surface area (Å²) in [6.45, 7) is 2.58. The van der Waals surface area contributed by atoms with Crippen molar-refractivity contribution in [2.24, 2.45) is 0 Å². The Morgan fingerprint density at radius 3 is 2.77 bits per heavy atom. The summed E-state index contributed by atoms with van der Waals surface area (Å²) in [5.74, 6) is 0.665. The van der Waals surface area contributed by atoms with Gasteiger partial charge in [0.2, 0.25) is 0 Å². The lowest BCUT2D eigenvalue weighted by Gasteiger charge is -2.19. The quantitative estimate of drug-likeness (QED) is 0.712. The van der Waals surface area contributed by atoms with Crippen molar-refractivity contribution in [3.05, 3.63) is 77.4 Å². The SMILES string of the molecule is COc1ccc(-n2ncc3c2CCCN(Cc2cccc(F)c2)C3)cc1. The van der Waals surface area contributed by atoms with E-state index in [1.165, 1.54) is 17.3 Å². The van der Waals surface area contributed by atoms with E-state index in [4.69, 9.17) is 4.74 Å². The fraction of sp³-hybridized carbons (Fsp3) is 0.286. The summed E-state index contributed by atoms with van der Waals surface area (Å²) in [4.78, 5) is 2.36. The molecule has 26 heavy (non-hydrogen) atoms. The molecule has 5 heteroatoms. The van der Waals surface area contributed by atoms with Crippen LogP contribution in [-0.4, -0.2) is 28.3 Å². The number of ether oxygens (including phenoxy) is 1. The Hall–Kier alpha value is -2.66. The Bertz CT molecular complexity index is 889. The van der Waals surface area contributed by atoms with Crippen LogP contribution in [-0.2, 0) is 19.5 Å². The van der Waals surface area contributed by atoms with Crippen molar-refractivity contribution in [3.63, 3.8) is 0 Å². The summed E-state index contributed by atoms with van der Waals surface area (Å²) in [5, 5.41) is 4.61. The first kappa shape index (κ1) is 16.8. The first-order valence-electron chi connectivity index (χ1n) is 8.90. The van der Waals surface area contributed by atoms with Gasteiger partial charge in [0.15, 0.2) is 0 Å². The number of aromatic nitrogens is 2. The molecule has 1 aromatic heterocycles. The van der Waals surface area contributed by atoms with Gasteiger partial charge in [0.05, 0.1) is 19.0 Å². The standard InChI is InChI=1S/C21H22FN3O/c1-26-20-9-7-19(8-10-20)25-21-6-3-11-24(15-17(21)13-23-25)14-16-4-2-5-18(22)12-16/h2,4-5,7-10,12-13H,3,6,11,14-15H2,1H3. The lowest BCUT2D eigenvalue weighted by molar-refractivity contribution is 0.260. The normalized spacial score (nSPS) is 14.7. The van der Waals surface area contributed by atoms with E-state index < -0.39 is 0 Å². The predicted octanol–water partition coefficient (Wildman–Crippen LogP) is 3.97. The largest absolute Gasteiger partial charge is 0.497 e. The fourth-order valence-corrected chi connectivity index (χ4v) is 3.57. The van der Waals surface area contributed by atoms with Crippen LogP contribution in [0.2, 0.25) is 0 Å². The van der Waals surface area contributed by atoms with E-state index in [-0.39, 0.29) is 5.82 Å². The number of benzene rings is 2. The zero-order valence-corrected chi connectivity index (χ0v) is 14.9. The van der Waals surface area contributed by atoms with E-state index in [0.717, 1.165) is 49.5 Å². The maximum atomic E-state index is 13.4. The first-order valence-corrected chi connectivity index (χ1v) is 8.90. The van der Waals surface area contributed by atoms with Gasteiger partial charge in [-0.2, -0.15) is 5.10 Å². The third-order valence-corrected chi connectivity index (χ3v) is 4.85. The van der Waals surface area contributed by atoms with Crippen LogP contribution in [0.5, 0.6) is 5.75 Å². The third kappa shape index (κ3) is 3.48. The van der Waals surface area contributed by atoms with Gasteiger partial charge in [-0.05, 0) is 61.3 Å². The Kier molecular flexibility index (Phi) is 4.71. The van der Waals surface area contributed by atoms with E-state index in [0.29, 0.717) is 0 Å².